The van der Waals surface area contributed by atoms with Crippen molar-refractivity contribution in [3.63, 3.8) is 0 Å². The van der Waals surface area contributed by atoms with Gasteiger partial charge in [-0.15, -0.1) is 0 Å². The lowest BCUT2D eigenvalue weighted by Gasteiger charge is -1.90. The maximum absolute atomic E-state index is 4.00. The van der Waals surface area contributed by atoms with E-state index < -0.39 is 0 Å². The van der Waals surface area contributed by atoms with Crippen LogP contribution in [0.1, 0.15) is 6.42 Å². The predicted molar refractivity (Wildman–Crippen MR) is 40.0 cm³/mol. The lowest BCUT2D eigenvalue weighted by atomic mass is 10.2. The van der Waals surface area contributed by atoms with Crippen molar-refractivity contribution in [1.29, 1.82) is 0 Å². The van der Waals surface area contributed by atoms with E-state index in [1.807, 2.05) is 6.08 Å². The first-order valence-electron chi connectivity index (χ1n) is 2.53. The Bertz CT molecular complexity index is 163. The minimum atomic E-state index is 0.992. The van der Waals surface area contributed by atoms with Crippen LogP contribution in [0, 0.1) is 0 Å². The van der Waals surface area contributed by atoms with Crippen LogP contribution in [0.2, 0.25) is 0 Å². The van der Waals surface area contributed by atoms with Crippen molar-refractivity contribution in [3.05, 3.63) is 35.3 Å². The van der Waals surface area contributed by atoms with Gasteiger partial charge in [-0.3, -0.25) is 0 Å². The van der Waals surface area contributed by atoms with Crippen molar-refractivity contribution in [1.82, 2.24) is 0 Å². The zero-order chi connectivity index (χ0) is 5.98. The smallest absolute Gasteiger partial charge is 0.00939 e. The van der Waals surface area contributed by atoms with E-state index in [9.17, 15) is 0 Å². The normalized spacial score (nSPS) is 23.1. The number of thiol groups is 1. The van der Waals surface area contributed by atoms with Gasteiger partial charge in [0, 0.05) is 0 Å². The Hall–Kier alpha value is -0.430. The molecular weight excluding hydrogens is 116 g/mol. The summed E-state index contributed by atoms with van der Waals surface area (Å²) in [7, 11) is 0. The van der Waals surface area contributed by atoms with Gasteiger partial charge in [0.25, 0.3) is 0 Å². The largest absolute Gasteiger partial charge is 0.151 e. The van der Waals surface area contributed by atoms with Crippen LogP contribution in [0.3, 0.4) is 0 Å². The van der Waals surface area contributed by atoms with E-state index in [-0.39, 0.29) is 0 Å². The lowest BCUT2D eigenvalue weighted by molar-refractivity contribution is 1.34. The lowest BCUT2D eigenvalue weighted by Crippen LogP contribution is -1.70. The molecule has 0 spiro atoms. The van der Waals surface area contributed by atoms with Crippen molar-refractivity contribution in [3.8, 4) is 0 Å². The van der Waals surface area contributed by atoms with Crippen LogP contribution in [0.4, 0.5) is 0 Å². The minimum absolute atomic E-state index is 0.992. The maximum atomic E-state index is 4.00. The first-order valence-corrected chi connectivity index (χ1v) is 3.05. The summed E-state index contributed by atoms with van der Waals surface area (Å²) in [6.45, 7) is 3.83. The molecule has 1 heteroatoms. The van der Waals surface area contributed by atoms with E-state index in [2.05, 4.69) is 25.3 Å². The second-order valence-corrected chi connectivity index (χ2v) is 2.05. The zero-order valence-electron chi connectivity index (χ0n) is 4.59. The summed E-state index contributed by atoms with van der Waals surface area (Å²) >= 11 is 4.00. The Balaban J connectivity index is 2.82. The third kappa shape index (κ3) is 0.869. The van der Waals surface area contributed by atoms with Crippen LogP contribution in [0.25, 0.3) is 0 Å². The Morgan fingerprint density at radius 2 is 2.50 bits per heavy atom. The van der Waals surface area contributed by atoms with Crippen LogP contribution in [0.5, 0.6) is 0 Å². The summed E-state index contributed by atoms with van der Waals surface area (Å²) in [5.74, 6) is 0. The molecule has 0 aliphatic heterocycles. The summed E-state index contributed by atoms with van der Waals surface area (Å²) in [6, 6.07) is 0. The highest BCUT2D eigenvalue weighted by Crippen LogP contribution is 2.21. The first-order chi connectivity index (χ1) is 3.84. The molecule has 0 amide bonds. The predicted octanol–water partition coefficient (Wildman–Crippen LogP) is 2.32. The molecule has 0 aromatic rings. The molecule has 0 saturated heterocycles. The summed E-state index contributed by atoms with van der Waals surface area (Å²) in [6.07, 6.45) is 5.12. The van der Waals surface area contributed by atoms with Gasteiger partial charge in [0.05, 0.1) is 0 Å². The Morgan fingerprint density at radius 1 is 1.75 bits per heavy atom. The van der Waals surface area contributed by atoms with Crippen LogP contribution < -0.4 is 0 Å². The van der Waals surface area contributed by atoms with Crippen molar-refractivity contribution >= 4 is 12.6 Å². The molecule has 0 atom stereocenters. The quantitative estimate of drug-likeness (QED) is 0.471. The molecule has 0 fully saturated rings. The Kier molecular flexibility index (Phi) is 1.59. The third-order valence-electron chi connectivity index (χ3n) is 1.21. The van der Waals surface area contributed by atoms with Gasteiger partial charge >= 0.3 is 0 Å². The van der Waals surface area contributed by atoms with Crippen molar-refractivity contribution in [2.24, 2.45) is 0 Å². The standard InChI is InChI=1S/C7H8S/c1-6-3-2-4-7(6)5-8/h2,4-5,8H,1,3H2/b7-5-. The highest BCUT2D eigenvalue weighted by molar-refractivity contribution is 7.83. The molecule has 8 heavy (non-hydrogen) atoms. The molecular formula is C7H8S. The molecule has 0 aromatic heterocycles. The third-order valence-corrected chi connectivity index (χ3v) is 1.49. The summed E-state index contributed by atoms with van der Waals surface area (Å²) in [4.78, 5) is 0. The average molecular weight is 124 g/mol. The Morgan fingerprint density at radius 3 is 2.75 bits per heavy atom. The Labute approximate surface area is 55.0 Å². The van der Waals surface area contributed by atoms with Gasteiger partial charge in [-0.05, 0) is 23.0 Å². The van der Waals surface area contributed by atoms with Gasteiger partial charge in [0.15, 0.2) is 0 Å². The fourth-order valence-corrected chi connectivity index (χ4v) is 0.967. The number of allylic oxidation sites excluding steroid dienone is 4. The van der Waals surface area contributed by atoms with E-state index in [1.54, 1.807) is 5.41 Å². The second kappa shape index (κ2) is 2.23. The molecule has 0 heterocycles. The molecule has 1 aliphatic carbocycles. The molecule has 1 aliphatic rings. The van der Waals surface area contributed by atoms with Crippen LogP contribution in [-0.2, 0) is 0 Å². The van der Waals surface area contributed by atoms with Gasteiger partial charge in [-0.2, -0.15) is 12.6 Å². The van der Waals surface area contributed by atoms with E-state index in [4.69, 9.17) is 0 Å². The van der Waals surface area contributed by atoms with Gasteiger partial charge in [0.1, 0.15) is 0 Å². The fourth-order valence-electron chi connectivity index (χ4n) is 0.698. The summed E-state index contributed by atoms with van der Waals surface area (Å²) in [5.41, 5.74) is 2.33. The molecule has 0 radical (unpaired) electrons. The number of rotatable bonds is 0. The first kappa shape index (κ1) is 5.70. The molecule has 0 nitrogen and oxygen atoms in total. The van der Waals surface area contributed by atoms with Crippen molar-refractivity contribution < 1.29 is 0 Å². The minimum Gasteiger partial charge on any atom is -0.151 e. The molecule has 1 rings (SSSR count). The summed E-state index contributed by atoms with van der Waals surface area (Å²) in [5, 5.41) is 1.78. The van der Waals surface area contributed by atoms with Crippen molar-refractivity contribution in [2.45, 2.75) is 6.42 Å². The van der Waals surface area contributed by atoms with Gasteiger partial charge < -0.3 is 0 Å². The van der Waals surface area contributed by atoms with Crippen LogP contribution in [0.15, 0.2) is 35.3 Å². The topological polar surface area (TPSA) is 0 Å². The monoisotopic (exact) mass is 124 g/mol. The molecule has 0 saturated carbocycles. The van der Waals surface area contributed by atoms with E-state index in [0.717, 1.165) is 12.0 Å². The molecule has 0 N–H and O–H groups in total. The SMILES string of the molecule is C=C1CC=C/C1=C/S. The van der Waals surface area contributed by atoms with E-state index in [0.29, 0.717) is 0 Å². The summed E-state index contributed by atoms with van der Waals surface area (Å²) < 4.78 is 0. The highest BCUT2D eigenvalue weighted by Gasteiger charge is 2.01. The zero-order valence-corrected chi connectivity index (χ0v) is 5.49. The van der Waals surface area contributed by atoms with Gasteiger partial charge in [-0.25, -0.2) is 0 Å². The highest BCUT2D eigenvalue weighted by atomic mass is 32.1. The van der Waals surface area contributed by atoms with Crippen LogP contribution >= 0.6 is 12.6 Å². The van der Waals surface area contributed by atoms with Crippen LogP contribution in [-0.4, -0.2) is 0 Å². The maximum Gasteiger partial charge on any atom is -0.00939 e. The fraction of sp³-hybridized carbons (Fsp3) is 0.143. The second-order valence-electron chi connectivity index (χ2n) is 1.79. The van der Waals surface area contributed by atoms with E-state index in [1.165, 1.54) is 5.57 Å². The average Bonchev–Trinajstić information content (AvgIpc) is 2.14. The molecule has 0 bridgehead atoms. The molecule has 0 unspecified atom stereocenters. The number of hydrogen-bond donors (Lipinski definition) is 1. The molecule has 0 aromatic carbocycles. The van der Waals surface area contributed by atoms with Gasteiger partial charge in [-0.1, -0.05) is 18.7 Å². The molecule has 42 valence electrons. The van der Waals surface area contributed by atoms with Crippen molar-refractivity contribution in [2.75, 3.05) is 0 Å². The van der Waals surface area contributed by atoms with E-state index >= 15 is 0 Å². The van der Waals surface area contributed by atoms with Gasteiger partial charge in [0.2, 0.25) is 0 Å². The number of hydrogen-bond acceptors (Lipinski definition) is 1.